The summed E-state index contributed by atoms with van der Waals surface area (Å²) < 4.78 is 19.6. The highest BCUT2D eigenvalue weighted by atomic mass is 35.5. The van der Waals surface area contributed by atoms with Crippen molar-refractivity contribution in [3.05, 3.63) is 70.6 Å². The summed E-state index contributed by atoms with van der Waals surface area (Å²) in [5, 5.41) is 22.4. The Morgan fingerprint density at radius 1 is 1.24 bits per heavy atom. The quantitative estimate of drug-likeness (QED) is 0.385. The van der Waals surface area contributed by atoms with Crippen LogP contribution in [-0.4, -0.2) is 52.3 Å². The lowest BCUT2D eigenvalue weighted by Crippen LogP contribution is -2.52. The minimum absolute atomic E-state index is 0.00714. The van der Waals surface area contributed by atoms with Gasteiger partial charge in [-0.1, -0.05) is 11.6 Å². The molecular weight excluding hydrogens is 495 g/mol. The van der Waals surface area contributed by atoms with Crippen molar-refractivity contribution in [2.45, 2.75) is 50.2 Å². The average molecular weight is 527 g/mol. The molecule has 6 nitrogen and oxygen atoms in total. The number of methoxy groups -OCH3 is 1. The number of aliphatic hydroxyl groups excluding tert-OH is 1. The van der Waals surface area contributed by atoms with Crippen LogP contribution in [0.1, 0.15) is 55.3 Å². The van der Waals surface area contributed by atoms with E-state index in [4.69, 9.17) is 16.3 Å². The molecule has 0 radical (unpaired) electrons. The number of hydrogen-bond donors (Lipinski definition) is 2. The fourth-order valence-corrected chi connectivity index (χ4v) is 6.22. The topological polar surface area (TPSA) is 82.9 Å². The molecule has 2 heterocycles. The van der Waals surface area contributed by atoms with Gasteiger partial charge in [0, 0.05) is 29.2 Å². The Morgan fingerprint density at radius 3 is 2.81 bits per heavy atom. The predicted octanol–water partition coefficient (Wildman–Crippen LogP) is 5.82. The number of rotatable bonds is 8. The van der Waals surface area contributed by atoms with E-state index in [1.807, 2.05) is 24.3 Å². The average Bonchev–Trinajstić information content (AvgIpc) is 2.87. The molecule has 3 aromatic rings. The second-order valence-corrected chi connectivity index (χ2v) is 10.8. The Balaban J connectivity index is 1.20. The molecule has 3 atom stereocenters. The van der Waals surface area contributed by atoms with Crippen LogP contribution in [0.25, 0.3) is 10.9 Å². The molecule has 0 spiro atoms. The Morgan fingerprint density at radius 2 is 2.05 bits per heavy atom. The molecule has 8 heteroatoms. The summed E-state index contributed by atoms with van der Waals surface area (Å²) in [6, 6.07) is 12.3. The highest BCUT2D eigenvalue weighted by molar-refractivity contribution is 6.30. The van der Waals surface area contributed by atoms with Crippen LogP contribution >= 0.6 is 11.6 Å². The molecule has 1 saturated heterocycles. The minimum Gasteiger partial charge on any atom is -0.497 e. The van der Waals surface area contributed by atoms with Crippen LogP contribution in [0.4, 0.5) is 4.39 Å². The Kier molecular flexibility index (Phi) is 7.65. The first-order chi connectivity index (χ1) is 17.8. The molecule has 2 fully saturated rings. The maximum atomic E-state index is 14.2. The summed E-state index contributed by atoms with van der Waals surface area (Å²) >= 11 is 6.06. The van der Waals surface area contributed by atoms with E-state index in [0.29, 0.717) is 35.7 Å². The zero-order chi connectivity index (χ0) is 26.1. The molecule has 1 saturated carbocycles. The summed E-state index contributed by atoms with van der Waals surface area (Å²) in [7, 11) is 1.60. The fraction of sp³-hybridized carbons (Fsp3) is 0.448. The van der Waals surface area contributed by atoms with Crippen LogP contribution in [0.2, 0.25) is 5.02 Å². The van der Waals surface area contributed by atoms with Crippen molar-refractivity contribution in [3.8, 4) is 5.75 Å². The molecule has 1 aromatic heterocycles. The first-order valence-corrected chi connectivity index (χ1v) is 13.2. The lowest BCUT2D eigenvalue weighted by atomic mass is 9.73. The number of carboxylic acids is 1. The third kappa shape index (κ3) is 5.44. The van der Waals surface area contributed by atoms with Gasteiger partial charge in [0.05, 0.1) is 24.6 Å². The molecule has 37 heavy (non-hydrogen) atoms. The zero-order valence-corrected chi connectivity index (χ0v) is 21.6. The number of aliphatic carboxylic acids is 1. The van der Waals surface area contributed by atoms with Crippen LogP contribution in [-0.2, 0) is 4.79 Å². The maximum absolute atomic E-state index is 14.2. The Bertz CT molecular complexity index is 1280. The number of piperidine rings is 1. The van der Waals surface area contributed by atoms with Crippen molar-refractivity contribution < 1.29 is 24.1 Å². The van der Waals surface area contributed by atoms with Crippen LogP contribution in [0.15, 0.2) is 48.7 Å². The molecule has 1 aliphatic carbocycles. The van der Waals surface area contributed by atoms with Gasteiger partial charge in [-0.15, -0.1) is 0 Å². The normalized spacial score (nSPS) is 25.0. The van der Waals surface area contributed by atoms with E-state index in [0.717, 1.165) is 42.3 Å². The number of likely N-dealkylation sites (tertiary alicyclic amines) is 1. The first kappa shape index (κ1) is 25.9. The highest BCUT2D eigenvalue weighted by Gasteiger charge is 2.41. The van der Waals surface area contributed by atoms with Crippen molar-refractivity contribution in [2.75, 3.05) is 20.2 Å². The zero-order valence-electron chi connectivity index (χ0n) is 20.8. The smallest absolute Gasteiger partial charge is 0.308 e. The van der Waals surface area contributed by atoms with Crippen LogP contribution in [0.3, 0.4) is 0 Å². The van der Waals surface area contributed by atoms with Crippen molar-refractivity contribution in [3.63, 3.8) is 0 Å². The van der Waals surface area contributed by atoms with Gasteiger partial charge in [0.1, 0.15) is 11.6 Å². The van der Waals surface area contributed by atoms with E-state index in [1.165, 1.54) is 6.07 Å². The second-order valence-electron chi connectivity index (χ2n) is 10.4. The molecule has 2 aliphatic rings. The van der Waals surface area contributed by atoms with Gasteiger partial charge in [0.15, 0.2) is 0 Å². The van der Waals surface area contributed by atoms with Crippen LogP contribution < -0.4 is 4.74 Å². The number of hydrogen-bond acceptors (Lipinski definition) is 5. The summed E-state index contributed by atoms with van der Waals surface area (Å²) in [5.41, 5.74) is 2.22. The Hall–Kier alpha value is -2.74. The van der Waals surface area contributed by atoms with Gasteiger partial charge < -0.3 is 14.9 Å². The standard InChI is InChI=1S/C29H32ClFN2O4/c1-37-21-4-6-27-24(15-21)22(8-10-32-27)28(34)7-2-17-9-11-33(16-25(17)29(35)36)20-12-18(13-20)23-14-19(30)3-5-26(23)31/h3-6,8,10,14-15,17-18,20,25,28,34H,2,7,9,11-13,16H2,1H3,(H,35,36)/t17-,18?,20?,25+,28+/m1/s1. The molecule has 2 N–H and O–H groups in total. The molecule has 0 unspecified atom stereocenters. The van der Waals surface area contributed by atoms with E-state index < -0.39 is 18.0 Å². The van der Waals surface area contributed by atoms with Gasteiger partial charge >= 0.3 is 5.97 Å². The molecule has 0 amide bonds. The third-order valence-electron chi connectivity index (χ3n) is 8.28. The molecule has 0 bridgehead atoms. The van der Waals surface area contributed by atoms with Gasteiger partial charge in [-0.25, -0.2) is 4.39 Å². The predicted molar refractivity (Wildman–Crippen MR) is 140 cm³/mol. The molecule has 196 valence electrons. The second kappa shape index (κ2) is 10.9. The van der Waals surface area contributed by atoms with Gasteiger partial charge in [-0.05, 0) is 104 Å². The third-order valence-corrected chi connectivity index (χ3v) is 8.52. The van der Waals surface area contributed by atoms with E-state index in [-0.39, 0.29) is 23.7 Å². The monoisotopic (exact) mass is 526 g/mol. The summed E-state index contributed by atoms with van der Waals surface area (Å²) in [6.45, 7) is 1.30. The largest absolute Gasteiger partial charge is 0.497 e. The Labute approximate surface area is 221 Å². The lowest BCUT2D eigenvalue weighted by Gasteiger charge is -2.47. The number of carbonyl (C=O) groups is 1. The summed E-state index contributed by atoms with van der Waals surface area (Å²) in [4.78, 5) is 18.8. The molecule has 2 aromatic carbocycles. The fourth-order valence-electron chi connectivity index (χ4n) is 6.04. The SMILES string of the molecule is COc1ccc2nccc([C@@H](O)CC[C@@H]3CCN(C4CC(c5cc(Cl)ccc5F)C4)C[C@@H]3C(=O)O)c2c1. The number of fused-ring (bicyclic) bond motifs is 1. The molecule has 5 rings (SSSR count). The molecule has 1 aliphatic heterocycles. The number of benzene rings is 2. The van der Waals surface area contributed by atoms with Crippen molar-refractivity contribution in [2.24, 2.45) is 11.8 Å². The number of aromatic nitrogens is 1. The van der Waals surface area contributed by atoms with E-state index >= 15 is 0 Å². The molecular formula is C29H32ClFN2O4. The van der Waals surface area contributed by atoms with Gasteiger partial charge in [-0.3, -0.25) is 14.7 Å². The van der Waals surface area contributed by atoms with Crippen molar-refractivity contribution in [1.29, 1.82) is 0 Å². The van der Waals surface area contributed by atoms with Gasteiger partial charge in [0.2, 0.25) is 0 Å². The maximum Gasteiger partial charge on any atom is 0.308 e. The van der Waals surface area contributed by atoms with E-state index in [9.17, 15) is 19.4 Å². The van der Waals surface area contributed by atoms with Crippen LogP contribution in [0, 0.1) is 17.7 Å². The number of aliphatic hydroxyl groups is 1. The number of ether oxygens (including phenoxy) is 1. The highest BCUT2D eigenvalue weighted by Crippen LogP contribution is 2.43. The van der Waals surface area contributed by atoms with Gasteiger partial charge in [0.25, 0.3) is 0 Å². The minimum atomic E-state index is -0.792. The van der Waals surface area contributed by atoms with Crippen LogP contribution in [0.5, 0.6) is 5.75 Å². The summed E-state index contributed by atoms with van der Waals surface area (Å²) in [6.07, 6.45) is 4.46. The first-order valence-electron chi connectivity index (χ1n) is 12.9. The number of carboxylic acid groups (broad SMARTS) is 1. The summed E-state index contributed by atoms with van der Waals surface area (Å²) in [5.74, 6) is -0.698. The lowest BCUT2D eigenvalue weighted by molar-refractivity contribution is -0.147. The van der Waals surface area contributed by atoms with E-state index in [1.54, 1.807) is 25.4 Å². The van der Waals surface area contributed by atoms with Crippen molar-refractivity contribution in [1.82, 2.24) is 9.88 Å². The number of pyridine rings is 1. The van der Waals surface area contributed by atoms with Gasteiger partial charge in [-0.2, -0.15) is 0 Å². The number of halogens is 2. The van der Waals surface area contributed by atoms with E-state index in [2.05, 4.69) is 9.88 Å². The number of nitrogens with zero attached hydrogens (tertiary/aromatic N) is 2. The van der Waals surface area contributed by atoms with Crippen molar-refractivity contribution >= 4 is 28.5 Å².